The summed E-state index contributed by atoms with van der Waals surface area (Å²) in [6.07, 6.45) is 4.15. The summed E-state index contributed by atoms with van der Waals surface area (Å²) < 4.78 is 0. The Morgan fingerprint density at radius 2 is 2.08 bits per heavy atom. The maximum absolute atomic E-state index is 12.1. The zero-order valence-corrected chi connectivity index (χ0v) is 14.9. The first-order chi connectivity index (χ1) is 12.2. The molecular weight excluding hydrogens is 334 g/mol. The van der Waals surface area contributed by atoms with E-state index in [1.807, 2.05) is 37.3 Å². The molecule has 0 fully saturated rings. The fourth-order valence-corrected chi connectivity index (χ4v) is 4.11. The number of carbonyl (C=O) groups is 1. The first-order valence-electron chi connectivity index (χ1n) is 8.25. The molecule has 0 aliphatic heterocycles. The summed E-state index contributed by atoms with van der Waals surface area (Å²) in [4.78, 5) is 18.5. The molecule has 0 atom stereocenters. The molecule has 1 amide bonds. The van der Waals surface area contributed by atoms with E-state index in [0.717, 1.165) is 36.8 Å². The van der Waals surface area contributed by atoms with Gasteiger partial charge in [-0.05, 0) is 43.7 Å². The first-order valence-corrected chi connectivity index (χ1v) is 9.07. The summed E-state index contributed by atoms with van der Waals surface area (Å²) in [6.45, 7) is 1.64. The number of anilines is 1. The third-order valence-corrected chi connectivity index (χ3v) is 5.33. The minimum absolute atomic E-state index is 0.183. The Hall–Kier alpha value is -2.65. The van der Waals surface area contributed by atoms with Crippen LogP contribution in [0.4, 0.5) is 5.00 Å². The molecule has 1 aromatic heterocycles. The summed E-state index contributed by atoms with van der Waals surface area (Å²) in [5.41, 5.74) is 3.36. The normalized spacial score (nSPS) is 13.7. The average molecular weight is 353 g/mol. The van der Waals surface area contributed by atoms with Crippen molar-refractivity contribution in [1.29, 1.82) is 5.26 Å². The van der Waals surface area contributed by atoms with Crippen LogP contribution in [-0.2, 0) is 22.5 Å². The Labute approximate surface area is 150 Å². The Morgan fingerprint density at radius 1 is 1.32 bits per heavy atom. The lowest BCUT2D eigenvalue weighted by atomic mass is 9.96. The number of oxime groups is 1. The van der Waals surface area contributed by atoms with Gasteiger partial charge in [-0.15, -0.1) is 11.3 Å². The molecule has 0 unspecified atom stereocenters. The van der Waals surface area contributed by atoms with Gasteiger partial charge in [0.1, 0.15) is 11.1 Å². The van der Waals surface area contributed by atoms with Crippen LogP contribution in [0, 0.1) is 11.3 Å². The molecule has 6 heteroatoms. The van der Waals surface area contributed by atoms with Crippen LogP contribution in [0.25, 0.3) is 0 Å². The molecule has 1 aliphatic carbocycles. The molecule has 0 radical (unpaired) electrons. The second kappa shape index (κ2) is 7.95. The Morgan fingerprint density at radius 3 is 2.84 bits per heavy atom. The van der Waals surface area contributed by atoms with Crippen LogP contribution in [0.1, 0.15) is 41.3 Å². The van der Waals surface area contributed by atoms with E-state index in [1.54, 1.807) is 0 Å². The second-order valence-corrected chi connectivity index (χ2v) is 7.00. The van der Waals surface area contributed by atoms with Crippen LogP contribution >= 0.6 is 11.3 Å². The monoisotopic (exact) mass is 353 g/mol. The number of hydrogen-bond acceptors (Lipinski definition) is 5. The highest BCUT2D eigenvalue weighted by Gasteiger charge is 2.21. The summed E-state index contributed by atoms with van der Waals surface area (Å²) in [5.74, 6) is -0.306. The van der Waals surface area contributed by atoms with Gasteiger partial charge in [0.25, 0.3) is 5.91 Å². The number of rotatable bonds is 5. The molecule has 0 spiro atoms. The Bertz CT molecular complexity index is 834. The number of fused-ring (bicyclic) bond motifs is 1. The van der Waals surface area contributed by atoms with Gasteiger partial charge in [0.15, 0.2) is 6.61 Å². The maximum atomic E-state index is 12.1. The van der Waals surface area contributed by atoms with Gasteiger partial charge in [-0.2, -0.15) is 5.26 Å². The summed E-state index contributed by atoms with van der Waals surface area (Å²) in [5, 5.41) is 16.8. The Kier molecular flexibility index (Phi) is 5.46. The van der Waals surface area contributed by atoms with Crippen molar-refractivity contribution in [2.45, 2.75) is 32.6 Å². The summed E-state index contributed by atoms with van der Waals surface area (Å²) in [6, 6.07) is 11.9. The smallest absolute Gasteiger partial charge is 0.265 e. The fourth-order valence-electron chi connectivity index (χ4n) is 2.85. The van der Waals surface area contributed by atoms with Gasteiger partial charge >= 0.3 is 0 Å². The number of nitrogens with zero attached hydrogens (tertiary/aromatic N) is 2. The molecular formula is C19H19N3O2S. The topological polar surface area (TPSA) is 74.5 Å². The third-order valence-electron chi connectivity index (χ3n) is 4.12. The minimum atomic E-state index is -0.306. The maximum Gasteiger partial charge on any atom is 0.265 e. The third kappa shape index (κ3) is 4.06. The van der Waals surface area contributed by atoms with Crippen molar-refractivity contribution in [2.24, 2.45) is 5.16 Å². The molecule has 2 aromatic rings. The van der Waals surface area contributed by atoms with E-state index in [1.165, 1.54) is 16.2 Å². The number of hydrogen-bond donors (Lipinski definition) is 1. The number of nitrogens with one attached hydrogen (secondary N) is 1. The Balaban J connectivity index is 1.60. The molecule has 0 bridgehead atoms. The number of benzene rings is 1. The van der Waals surface area contributed by atoms with E-state index in [9.17, 15) is 10.1 Å². The van der Waals surface area contributed by atoms with E-state index in [-0.39, 0.29) is 12.5 Å². The molecule has 25 heavy (non-hydrogen) atoms. The van der Waals surface area contributed by atoms with Crippen LogP contribution in [0.2, 0.25) is 0 Å². The molecule has 1 aliphatic rings. The lowest BCUT2D eigenvalue weighted by Crippen LogP contribution is -2.17. The van der Waals surface area contributed by atoms with Crippen LogP contribution in [0.5, 0.6) is 0 Å². The van der Waals surface area contributed by atoms with Crippen molar-refractivity contribution in [3.05, 3.63) is 51.9 Å². The van der Waals surface area contributed by atoms with Crippen LogP contribution in [0.3, 0.4) is 0 Å². The molecule has 0 saturated carbocycles. The molecule has 1 N–H and O–H groups in total. The van der Waals surface area contributed by atoms with Crippen molar-refractivity contribution < 1.29 is 9.63 Å². The molecule has 5 nitrogen and oxygen atoms in total. The highest BCUT2D eigenvalue weighted by molar-refractivity contribution is 7.16. The number of aryl methyl sites for hydroxylation is 1. The largest absolute Gasteiger partial charge is 0.385 e. The van der Waals surface area contributed by atoms with Gasteiger partial charge in [-0.25, -0.2) is 0 Å². The van der Waals surface area contributed by atoms with Gasteiger partial charge in [0.2, 0.25) is 0 Å². The van der Waals surface area contributed by atoms with E-state index < -0.39 is 0 Å². The van der Waals surface area contributed by atoms with Crippen molar-refractivity contribution in [3.63, 3.8) is 0 Å². The molecule has 0 saturated heterocycles. The van der Waals surface area contributed by atoms with Gasteiger partial charge in [0, 0.05) is 4.88 Å². The zero-order valence-electron chi connectivity index (χ0n) is 14.0. The second-order valence-electron chi connectivity index (χ2n) is 5.89. The minimum Gasteiger partial charge on any atom is -0.385 e. The lowest BCUT2D eigenvalue weighted by molar-refractivity contribution is -0.120. The molecule has 1 aromatic carbocycles. The van der Waals surface area contributed by atoms with Crippen molar-refractivity contribution in [1.82, 2.24) is 0 Å². The predicted molar refractivity (Wildman–Crippen MR) is 98.9 cm³/mol. The van der Waals surface area contributed by atoms with Crippen LogP contribution in [-0.4, -0.2) is 18.2 Å². The van der Waals surface area contributed by atoms with Crippen LogP contribution < -0.4 is 5.32 Å². The lowest BCUT2D eigenvalue weighted by Gasteiger charge is -2.09. The van der Waals surface area contributed by atoms with Crippen LogP contribution in [0.15, 0.2) is 35.5 Å². The number of nitriles is 1. The summed E-state index contributed by atoms with van der Waals surface area (Å²) in [7, 11) is 0. The van der Waals surface area contributed by atoms with E-state index in [4.69, 9.17) is 4.84 Å². The number of amides is 1. The number of carbonyl (C=O) groups excluding carboxylic acids is 1. The number of thiophene rings is 1. The quantitative estimate of drug-likeness (QED) is 0.655. The highest BCUT2D eigenvalue weighted by Crippen LogP contribution is 2.37. The van der Waals surface area contributed by atoms with Crippen molar-refractivity contribution in [3.8, 4) is 6.07 Å². The van der Waals surface area contributed by atoms with E-state index in [2.05, 4.69) is 16.5 Å². The van der Waals surface area contributed by atoms with Gasteiger partial charge in [-0.1, -0.05) is 35.5 Å². The zero-order chi connectivity index (χ0) is 17.6. The van der Waals surface area contributed by atoms with Gasteiger partial charge < -0.3 is 10.2 Å². The summed E-state index contributed by atoms with van der Waals surface area (Å²) >= 11 is 1.51. The van der Waals surface area contributed by atoms with E-state index in [0.29, 0.717) is 16.3 Å². The van der Waals surface area contributed by atoms with Gasteiger partial charge in [-0.3, -0.25) is 4.79 Å². The molecule has 3 rings (SSSR count). The van der Waals surface area contributed by atoms with Crippen molar-refractivity contribution >= 4 is 28.0 Å². The van der Waals surface area contributed by atoms with Crippen molar-refractivity contribution in [2.75, 3.05) is 11.9 Å². The SMILES string of the molecule is CC(=NOCC(=O)Nc1sc2c(c1C#N)CCCC2)c1ccccc1. The van der Waals surface area contributed by atoms with E-state index >= 15 is 0 Å². The standard InChI is InChI=1S/C19H19N3O2S/c1-13(14-7-3-2-4-8-14)22-24-12-18(23)21-19-16(11-20)15-9-5-6-10-17(15)25-19/h2-4,7-8H,5-6,9-10,12H2,1H3,(H,21,23). The van der Waals surface area contributed by atoms with Gasteiger partial charge in [0.05, 0.1) is 11.3 Å². The fraction of sp³-hybridized carbons (Fsp3) is 0.316. The molecule has 1 heterocycles. The first kappa shape index (κ1) is 17.2. The molecule has 128 valence electrons. The predicted octanol–water partition coefficient (Wildman–Crippen LogP) is 3.88. The highest BCUT2D eigenvalue weighted by atomic mass is 32.1. The average Bonchev–Trinajstić information content (AvgIpc) is 2.99.